The van der Waals surface area contributed by atoms with Gasteiger partial charge in [-0.1, -0.05) is 12.8 Å². The molecule has 4 aliphatic rings. The number of aromatic nitrogens is 1. The Morgan fingerprint density at radius 3 is 1.42 bits per heavy atom. The van der Waals surface area contributed by atoms with Crippen LogP contribution in [0.15, 0.2) is 194 Å². The van der Waals surface area contributed by atoms with Gasteiger partial charge in [0.25, 0.3) is 0 Å². The van der Waals surface area contributed by atoms with Crippen LogP contribution in [0.25, 0.3) is 72.0 Å². The van der Waals surface area contributed by atoms with Gasteiger partial charge in [-0.3, -0.25) is 0 Å². The van der Waals surface area contributed by atoms with Crippen LogP contribution in [0.4, 0.5) is 17.1 Å². The third kappa shape index (κ3) is 11.9. The zero-order chi connectivity index (χ0) is 70.4. The first-order valence-electron chi connectivity index (χ1n) is 38.0. The summed E-state index contributed by atoms with van der Waals surface area (Å²) in [7, 11) is 0. The molecule has 0 unspecified atom stereocenters. The molecule has 2 aliphatic carbocycles. The molecule has 4 heteroatoms. The Hall–Kier alpha value is -7.62. The predicted octanol–water partition coefficient (Wildman–Crippen LogP) is 22.3. The van der Waals surface area contributed by atoms with E-state index in [0.29, 0.717) is 22.7 Å². The zero-order valence-corrected chi connectivity index (χ0v) is 61.5. The standard InChI is InChI=1S/C92H99BN2Se/c1-88(2,3)68-41-43-81-77(55-68)76-35-22-23-38-80(76)94(81)73-56-83-86-85(57-73)96-84-44-40-63(67-49-71(91(10,11)12)54-72(50-67)92(13,14)15)52-79(84)93(86)78-51-62(66-47-69(89(4,5)6)53-70(48-66)90(7,8)9)39-42-82(78)95(83)87-74(64-33-24-31-60(45-64)58-27-18-16-19-28-58)36-26-37-75(87)65-34-25-32-61(46-65)59-29-20-17-21-30-59/h22-26,31-59H,16-21,27-30H2,1-15H3/i22D,23D,35D,38D. The van der Waals surface area contributed by atoms with Gasteiger partial charge in [0.2, 0.25) is 0 Å². The zero-order valence-electron chi connectivity index (χ0n) is 63.8. The van der Waals surface area contributed by atoms with Crippen molar-refractivity contribution >= 4 is 85.8 Å². The van der Waals surface area contributed by atoms with E-state index in [-0.39, 0.29) is 72.9 Å². The minimum atomic E-state index is -0.230. The van der Waals surface area contributed by atoms with Crippen molar-refractivity contribution in [2.75, 3.05) is 4.90 Å². The summed E-state index contributed by atoms with van der Waals surface area (Å²) in [5, 5.41) is 1.38. The Labute approximate surface area is 587 Å². The summed E-state index contributed by atoms with van der Waals surface area (Å²) in [5.74, 6) is 1.02. The van der Waals surface area contributed by atoms with E-state index in [2.05, 4.69) is 283 Å². The summed E-state index contributed by atoms with van der Waals surface area (Å²) < 4.78 is 43.2. The first-order chi connectivity index (χ1) is 47.4. The molecular formula is C92H99BN2Se. The van der Waals surface area contributed by atoms with Crippen molar-refractivity contribution in [1.29, 1.82) is 0 Å². The van der Waals surface area contributed by atoms with Crippen molar-refractivity contribution in [3.8, 4) is 50.2 Å². The van der Waals surface area contributed by atoms with Crippen molar-refractivity contribution in [2.45, 2.75) is 207 Å². The van der Waals surface area contributed by atoms with Gasteiger partial charge < -0.3 is 0 Å². The van der Waals surface area contributed by atoms with Crippen molar-refractivity contribution in [3.63, 3.8) is 0 Å². The van der Waals surface area contributed by atoms with Gasteiger partial charge in [-0.15, -0.1) is 0 Å². The van der Waals surface area contributed by atoms with Crippen LogP contribution in [-0.2, 0) is 27.1 Å². The van der Waals surface area contributed by atoms with Gasteiger partial charge >= 0.3 is 578 Å². The van der Waals surface area contributed by atoms with Crippen LogP contribution in [-0.4, -0.2) is 26.2 Å². The van der Waals surface area contributed by atoms with Crippen LogP contribution in [0.1, 0.15) is 224 Å². The average Bonchev–Trinajstić information content (AvgIpc) is 1.28. The molecule has 0 bridgehead atoms. The van der Waals surface area contributed by atoms with Crippen molar-refractivity contribution in [2.24, 2.45) is 0 Å². The normalized spacial score (nSPS) is 16.3. The number of nitrogens with zero attached hydrogens (tertiary/aromatic N) is 2. The minimum absolute atomic E-state index is 0.0136. The molecule has 15 rings (SSSR count). The summed E-state index contributed by atoms with van der Waals surface area (Å²) >= 11 is -0.222. The van der Waals surface area contributed by atoms with Crippen molar-refractivity contribution in [3.05, 3.63) is 233 Å². The van der Waals surface area contributed by atoms with E-state index in [4.69, 9.17) is 0 Å². The molecule has 486 valence electrons. The number of benzene rings is 10. The molecule has 2 aliphatic heterocycles. The third-order valence-corrected chi connectivity index (χ3v) is 24.5. The molecule has 2 fully saturated rings. The van der Waals surface area contributed by atoms with E-state index in [1.54, 1.807) is 0 Å². The Balaban J connectivity index is 1.09. The number of para-hydroxylation sites is 2. The molecule has 1 aromatic heterocycles. The predicted molar refractivity (Wildman–Crippen MR) is 418 cm³/mol. The second-order valence-electron chi connectivity index (χ2n) is 34.0. The first-order valence-corrected chi connectivity index (χ1v) is 37.8. The first kappa shape index (κ1) is 59.6. The second-order valence-corrected chi connectivity index (χ2v) is 36.3. The fourth-order valence-corrected chi connectivity index (χ4v) is 18.8. The molecule has 2 saturated carbocycles. The molecule has 11 aromatic rings. The van der Waals surface area contributed by atoms with Gasteiger partial charge in [0, 0.05) is 0 Å². The van der Waals surface area contributed by atoms with Crippen LogP contribution in [0, 0.1) is 0 Å². The van der Waals surface area contributed by atoms with Crippen LogP contribution in [0.5, 0.6) is 0 Å². The third-order valence-electron chi connectivity index (χ3n) is 22.1. The second kappa shape index (κ2) is 24.1. The van der Waals surface area contributed by atoms with E-state index in [1.807, 2.05) is 0 Å². The molecule has 3 heterocycles. The Morgan fingerprint density at radius 1 is 0.385 bits per heavy atom. The maximum atomic E-state index is 10.0. The Bertz CT molecular complexity index is 4960. The molecule has 0 N–H and O–H groups in total. The van der Waals surface area contributed by atoms with Gasteiger partial charge in [-0.25, -0.2) is 0 Å². The maximum absolute atomic E-state index is 10.0. The molecule has 0 radical (unpaired) electrons. The summed E-state index contributed by atoms with van der Waals surface area (Å²) in [6.07, 6.45) is 12.5. The fraction of sp³-hybridized carbons (Fsp3) is 0.348. The Kier molecular flexibility index (Phi) is 15.0. The monoisotopic (exact) mass is 1330 g/mol. The fourth-order valence-electron chi connectivity index (χ4n) is 16.3. The summed E-state index contributed by atoms with van der Waals surface area (Å²) in [6, 6.07) is 66.9. The number of fused-ring (bicyclic) bond motifs is 7. The topological polar surface area (TPSA) is 8.17 Å². The van der Waals surface area contributed by atoms with Crippen LogP contribution in [0.3, 0.4) is 0 Å². The van der Waals surface area contributed by atoms with Gasteiger partial charge in [0.15, 0.2) is 0 Å². The van der Waals surface area contributed by atoms with Crippen molar-refractivity contribution < 1.29 is 5.48 Å². The van der Waals surface area contributed by atoms with Gasteiger partial charge in [0.1, 0.15) is 0 Å². The molecule has 10 aromatic carbocycles. The average molecular weight is 1330 g/mol. The molecule has 0 spiro atoms. The van der Waals surface area contributed by atoms with Crippen LogP contribution < -0.4 is 30.2 Å². The summed E-state index contributed by atoms with van der Waals surface area (Å²) in [5.41, 5.74) is 27.9. The molecule has 2 nitrogen and oxygen atoms in total. The van der Waals surface area contributed by atoms with E-state index in [0.717, 1.165) is 39.2 Å². The SMILES string of the molecule is [2H]c1c([2H])c([2H])c2c(c1[2H])c1cc(C(C)(C)C)ccc1n2-c1cc2c3c(c1)N(c1c(-c4cccc(C5CCCCC5)c4)cccc1-c1cccc(C4CCCCC4)c1)c1ccc(-c4cc(C(C)(C)C)cc(C(C)(C)C)c4)cc1B3c1cc(-c3cc(C(C)(C)C)cc(C(C)(C)C)c3)ccc1[Se]2. The number of anilines is 3. The molecule has 0 saturated heterocycles. The molecular weight excluding hydrogens is 1220 g/mol. The van der Waals surface area contributed by atoms with Gasteiger partial charge in [-0.2, -0.15) is 0 Å². The molecule has 0 amide bonds. The van der Waals surface area contributed by atoms with Gasteiger partial charge in [0.05, 0.1) is 0 Å². The summed E-state index contributed by atoms with van der Waals surface area (Å²) in [6.45, 7) is 34.6. The van der Waals surface area contributed by atoms with E-state index in [9.17, 15) is 5.48 Å². The Morgan fingerprint density at radius 2 is 0.885 bits per heavy atom. The van der Waals surface area contributed by atoms with Gasteiger partial charge in [-0.05, 0) is 0 Å². The quantitative estimate of drug-likeness (QED) is 0.138. The molecule has 0 atom stereocenters. The van der Waals surface area contributed by atoms with Crippen LogP contribution >= 0.6 is 0 Å². The number of rotatable bonds is 8. The number of hydrogen-bond donors (Lipinski definition) is 0. The molecule has 96 heavy (non-hydrogen) atoms. The van der Waals surface area contributed by atoms with Crippen LogP contribution in [0.2, 0.25) is 0 Å². The summed E-state index contributed by atoms with van der Waals surface area (Å²) in [4.78, 5) is 2.68. The van der Waals surface area contributed by atoms with E-state index in [1.165, 1.54) is 167 Å². The number of hydrogen-bond acceptors (Lipinski definition) is 1. The van der Waals surface area contributed by atoms with E-state index < -0.39 is 0 Å². The van der Waals surface area contributed by atoms with E-state index >= 15 is 0 Å². The van der Waals surface area contributed by atoms with Crippen molar-refractivity contribution in [1.82, 2.24) is 4.57 Å².